The summed E-state index contributed by atoms with van der Waals surface area (Å²) in [5.74, 6) is 5.37. The van der Waals surface area contributed by atoms with Crippen molar-refractivity contribution in [2.75, 3.05) is 0 Å². The summed E-state index contributed by atoms with van der Waals surface area (Å²) in [4.78, 5) is 4.06. The fraction of sp³-hybridized carbons (Fsp3) is 0.632. The third kappa shape index (κ3) is 2.59. The van der Waals surface area contributed by atoms with E-state index in [-0.39, 0.29) is 12.2 Å². The van der Waals surface area contributed by atoms with Crippen LogP contribution in [0.25, 0.3) is 0 Å². The first-order valence-electron chi connectivity index (χ1n) is 8.36. The molecular formula is C19H26N2O3. The second-order valence-corrected chi connectivity index (χ2v) is 7.70. The predicted molar refractivity (Wildman–Crippen MR) is 91.0 cm³/mol. The Morgan fingerprint density at radius 3 is 2.42 bits per heavy atom. The van der Waals surface area contributed by atoms with E-state index in [1.807, 2.05) is 52.3 Å². The first-order chi connectivity index (χ1) is 11.1. The zero-order chi connectivity index (χ0) is 17.8. The molecule has 0 saturated carbocycles. The lowest BCUT2D eigenvalue weighted by molar-refractivity contribution is -0.182. The molecule has 24 heavy (non-hydrogen) atoms. The lowest BCUT2D eigenvalue weighted by atomic mass is 9.63. The minimum Gasteiger partial charge on any atom is -0.373 e. The van der Waals surface area contributed by atoms with Gasteiger partial charge in [0, 0.05) is 18.9 Å². The molecule has 2 heterocycles. The van der Waals surface area contributed by atoms with Gasteiger partial charge in [-0.2, -0.15) is 0 Å². The maximum Gasteiger partial charge on any atom is 0.189 e. The van der Waals surface area contributed by atoms with E-state index in [1.54, 1.807) is 12.5 Å². The molecule has 3 rings (SSSR count). The maximum atomic E-state index is 11.4. The second kappa shape index (κ2) is 5.45. The van der Waals surface area contributed by atoms with Crippen LogP contribution in [0.4, 0.5) is 0 Å². The van der Waals surface area contributed by atoms with E-state index in [1.165, 1.54) is 0 Å². The van der Waals surface area contributed by atoms with Gasteiger partial charge in [0.2, 0.25) is 0 Å². The number of ether oxygens (including phenoxy) is 2. The number of hydrogen-bond donors (Lipinski definition) is 1. The van der Waals surface area contributed by atoms with Crippen molar-refractivity contribution in [2.45, 2.75) is 64.6 Å². The zero-order valence-corrected chi connectivity index (χ0v) is 15.3. The molecule has 3 unspecified atom stereocenters. The SMILES string of the molecule is CC1=CC2(CC(C)(C)C1(O)C#Cc1cncn1C)OC(C)C(C)O2. The van der Waals surface area contributed by atoms with Crippen molar-refractivity contribution >= 4 is 0 Å². The van der Waals surface area contributed by atoms with Gasteiger partial charge in [0.1, 0.15) is 5.69 Å². The molecule has 0 bridgehead atoms. The Balaban J connectivity index is 2.00. The normalized spacial score (nSPS) is 37.9. The fourth-order valence-electron chi connectivity index (χ4n) is 3.66. The topological polar surface area (TPSA) is 56.5 Å². The van der Waals surface area contributed by atoms with E-state index < -0.39 is 16.8 Å². The summed E-state index contributed by atoms with van der Waals surface area (Å²) >= 11 is 0. The van der Waals surface area contributed by atoms with Gasteiger partial charge in [-0.05, 0) is 38.3 Å². The van der Waals surface area contributed by atoms with E-state index in [0.29, 0.717) is 6.42 Å². The molecule has 1 aliphatic carbocycles. The Morgan fingerprint density at radius 1 is 1.29 bits per heavy atom. The molecule has 3 atom stereocenters. The van der Waals surface area contributed by atoms with E-state index in [0.717, 1.165) is 11.3 Å². The first-order valence-corrected chi connectivity index (χ1v) is 8.36. The molecule has 1 aliphatic heterocycles. The van der Waals surface area contributed by atoms with E-state index in [2.05, 4.69) is 16.8 Å². The van der Waals surface area contributed by atoms with Crippen LogP contribution in [0.3, 0.4) is 0 Å². The fourth-order valence-corrected chi connectivity index (χ4v) is 3.66. The number of aliphatic hydroxyl groups is 1. The van der Waals surface area contributed by atoms with Crippen LogP contribution in [0.15, 0.2) is 24.2 Å². The van der Waals surface area contributed by atoms with Crippen molar-refractivity contribution < 1.29 is 14.6 Å². The molecule has 5 heteroatoms. The number of hydrogen-bond acceptors (Lipinski definition) is 4. The van der Waals surface area contributed by atoms with Crippen molar-refractivity contribution in [2.24, 2.45) is 12.5 Å². The van der Waals surface area contributed by atoms with Crippen LogP contribution in [0.2, 0.25) is 0 Å². The molecular weight excluding hydrogens is 304 g/mol. The maximum absolute atomic E-state index is 11.4. The molecule has 0 aromatic carbocycles. The minimum atomic E-state index is -1.25. The van der Waals surface area contributed by atoms with Gasteiger partial charge in [-0.1, -0.05) is 19.8 Å². The van der Waals surface area contributed by atoms with E-state index in [9.17, 15) is 5.11 Å². The highest BCUT2D eigenvalue weighted by Gasteiger charge is 2.56. The minimum absolute atomic E-state index is 0.0246. The highest BCUT2D eigenvalue weighted by atomic mass is 16.8. The van der Waals surface area contributed by atoms with Crippen LogP contribution in [0.5, 0.6) is 0 Å². The average Bonchev–Trinajstić information content (AvgIpc) is 2.98. The summed E-state index contributed by atoms with van der Waals surface area (Å²) in [5, 5.41) is 11.4. The van der Waals surface area contributed by atoms with E-state index in [4.69, 9.17) is 9.47 Å². The lowest BCUT2D eigenvalue weighted by Crippen LogP contribution is -2.53. The van der Waals surface area contributed by atoms with Crippen LogP contribution in [-0.2, 0) is 16.5 Å². The van der Waals surface area contributed by atoms with Crippen molar-refractivity contribution in [3.63, 3.8) is 0 Å². The third-order valence-corrected chi connectivity index (χ3v) is 5.29. The molecule has 1 aromatic heterocycles. The molecule has 1 aromatic rings. The summed E-state index contributed by atoms with van der Waals surface area (Å²) in [7, 11) is 1.88. The molecule has 1 saturated heterocycles. The van der Waals surface area contributed by atoms with Gasteiger partial charge in [-0.25, -0.2) is 4.98 Å². The van der Waals surface area contributed by atoms with Crippen molar-refractivity contribution in [1.82, 2.24) is 9.55 Å². The van der Waals surface area contributed by atoms with Crippen LogP contribution in [0, 0.1) is 17.3 Å². The van der Waals surface area contributed by atoms with Crippen LogP contribution in [0.1, 0.15) is 46.7 Å². The molecule has 0 amide bonds. The number of rotatable bonds is 0. The number of imidazole rings is 1. The third-order valence-electron chi connectivity index (χ3n) is 5.29. The summed E-state index contributed by atoms with van der Waals surface area (Å²) in [6.07, 6.45) is 5.88. The Labute approximate surface area is 143 Å². The van der Waals surface area contributed by atoms with Crippen molar-refractivity contribution in [3.8, 4) is 11.8 Å². The molecule has 130 valence electrons. The Morgan fingerprint density at radius 2 is 1.92 bits per heavy atom. The average molecular weight is 330 g/mol. The predicted octanol–water partition coefficient (Wildman–Crippen LogP) is 2.40. The molecule has 2 aliphatic rings. The number of aromatic nitrogens is 2. The standard InChI is InChI=1S/C19H26N2O3/c1-13-9-18(23-14(2)15(3)24-18)11-17(4,5)19(13,22)8-7-16-10-20-12-21(16)6/h9-10,12,14-15,22H,11H2,1-6H3. The molecule has 1 fully saturated rings. The highest BCUT2D eigenvalue weighted by molar-refractivity contribution is 5.42. The van der Waals surface area contributed by atoms with E-state index >= 15 is 0 Å². The molecule has 1 spiro atoms. The van der Waals surface area contributed by atoms with Crippen LogP contribution < -0.4 is 0 Å². The van der Waals surface area contributed by atoms with Crippen LogP contribution in [-0.4, -0.2) is 38.3 Å². The largest absolute Gasteiger partial charge is 0.373 e. The summed E-state index contributed by atoms with van der Waals surface area (Å²) in [6, 6.07) is 0. The summed E-state index contributed by atoms with van der Waals surface area (Å²) < 4.78 is 14.0. The zero-order valence-electron chi connectivity index (χ0n) is 15.3. The number of nitrogens with zero attached hydrogens (tertiary/aromatic N) is 2. The Hall–Kier alpha value is -1.61. The Kier molecular flexibility index (Phi) is 3.91. The lowest BCUT2D eigenvalue weighted by Gasteiger charge is -2.48. The van der Waals surface area contributed by atoms with Gasteiger partial charge in [0.05, 0.1) is 24.7 Å². The smallest absolute Gasteiger partial charge is 0.189 e. The van der Waals surface area contributed by atoms with Gasteiger partial charge >= 0.3 is 0 Å². The van der Waals surface area contributed by atoms with Gasteiger partial charge in [0.15, 0.2) is 11.4 Å². The summed E-state index contributed by atoms with van der Waals surface area (Å²) in [6.45, 7) is 9.92. The second-order valence-electron chi connectivity index (χ2n) is 7.70. The van der Waals surface area contributed by atoms with Gasteiger partial charge in [-0.15, -0.1) is 0 Å². The molecule has 0 radical (unpaired) electrons. The summed E-state index contributed by atoms with van der Waals surface area (Å²) in [5.41, 5.74) is -0.247. The van der Waals surface area contributed by atoms with Crippen molar-refractivity contribution in [3.05, 3.63) is 29.9 Å². The Bertz CT molecular complexity index is 727. The van der Waals surface area contributed by atoms with Crippen molar-refractivity contribution in [1.29, 1.82) is 0 Å². The number of aryl methyl sites for hydroxylation is 1. The molecule has 5 nitrogen and oxygen atoms in total. The first kappa shape index (κ1) is 17.2. The van der Waals surface area contributed by atoms with Crippen LogP contribution >= 0.6 is 0 Å². The van der Waals surface area contributed by atoms with Gasteiger partial charge < -0.3 is 19.1 Å². The van der Waals surface area contributed by atoms with Gasteiger partial charge in [-0.3, -0.25) is 0 Å². The molecule has 1 N–H and O–H groups in total. The van der Waals surface area contributed by atoms with Gasteiger partial charge in [0.25, 0.3) is 0 Å². The monoisotopic (exact) mass is 330 g/mol. The quantitative estimate of drug-likeness (QED) is 0.586. The highest BCUT2D eigenvalue weighted by Crippen LogP contribution is 2.51.